The Hall–Kier alpha value is -2.00. The van der Waals surface area contributed by atoms with E-state index in [0.29, 0.717) is 16.7 Å². The zero-order valence-electron chi connectivity index (χ0n) is 13.3. The normalized spacial score (nSPS) is 20.2. The summed E-state index contributed by atoms with van der Waals surface area (Å²) in [5, 5.41) is 6.87. The summed E-state index contributed by atoms with van der Waals surface area (Å²) in [6.45, 7) is 0.335. The first kappa shape index (κ1) is 17.8. The number of aromatic nitrogens is 3. The van der Waals surface area contributed by atoms with Gasteiger partial charge in [0.15, 0.2) is 5.15 Å². The van der Waals surface area contributed by atoms with Gasteiger partial charge in [-0.15, -0.1) is 0 Å². The number of anilines is 1. The summed E-state index contributed by atoms with van der Waals surface area (Å²) >= 11 is 9.40. The van der Waals surface area contributed by atoms with Crippen LogP contribution in [0.1, 0.15) is 11.6 Å². The Kier molecular flexibility index (Phi) is 4.79. The van der Waals surface area contributed by atoms with Gasteiger partial charge in [-0.1, -0.05) is 17.7 Å². The maximum absolute atomic E-state index is 13.2. The molecule has 7 nitrogen and oxygen atoms in total. The Morgan fingerprint density at radius 1 is 1.44 bits per heavy atom. The highest BCUT2D eigenvalue weighted by atomic mass is 79.9. The van der Waals surface area contributed by atoms with E-state index in [1.165, 1.54) is 23.1 Å². The van der Waals surface area contributed by atoms with Crippen molar-refractivity contribution < 1.29 is 14.0 Å². The Bertz CT molecular complexity index is 858. The van der Waals surface area contributed by atoms with Crippen LogP contribution in [0.3, 0.4) is 0 Å². The molecule has 0 unspecified atom stereocenters. The molecule has 0 bridgehead atoms. The van der Waals surface area contributed by atoms with Gasteiger partial charge in [0, 0.05) is 26.6 Å². The third kappa shape index (κ3) is 3.25. The van der Waals surface area contributed by atoms with Crippen LogP contribution in [0.25, 0.3) is 0 Å². The molecular weight excluding hydrogens is 417 g/mol. The third-order valence-corrected chi connectivity index (χ3v) is 5.38. The summed E-state index contributed by atoms with van der Waals surface area (Å²) in [5.41, 5.74) is 0.648. The predicted molar refractivity (Wildman–Crippen MR) is 92.6 cm³/mol. The summed E-state index contributed by atoms with van der Waals surface area (Å²) in [6, 6.07) is 4.05. The van der Waals surface area contributed by atoms with Crippen molar-refractivity contribution in [2.45, 2.75) is 5.92 Å². The summed E-state index contributed by atoms with van der Waals surface area (Å²) < 4.78 is 15.3. The Morgan fingerprint density at radius 3 is 2.76 bits per heavy atom. The molecule has 3 rings (SSSR count). The number of nitrogens with zero attached hydrogens (tertiary/aromatic N) is 4. The quantitative estimate of drug-likeness (QED) is 0.598. The Balaban J connectivity index is 1.93. The second-order valence-electron chi connectivity index (χ2n) is 5.75. The van der Waals surface area contributed by atoms with Crippen molar-refractivity contribution in [3.63, 3.8) is 0 Å². The minimum absolute atomic E-state index is 0.0493. The van der Waals surface area contributed by atoms with Crippen LogP contribution < -0.4 is 5.32 Å². The van der Waals surface area contributed by atoms with Crippen LogP contribution in [0.15, 0.2) is 22.7 Å². The second-order valence-corrected chi connectivity index (χ2v) is 6.90. The van der Waals surface area contributed by atoms with Crippen molar-refractivity contribution in [1.82, 2.24) is 19.7 Å². The number of rotatable bonds is 3. The topological polar surface area (TPSA) is 80.1 Å². The standard InChI is InChI=1S/C15H14BrClFN5O2/c1-22-6-7(12-11(16)13(17)21-23(12)2)10(15(22)25)14(24)20-9-5-3-4-8(18)19-9/h3-5,7,10H,6H2,1-2H3,(H,19,20,24)/t7-,10-/m0/s1. The first-order valence-corrected chi connectivity index (χ1v) is 8.53. The average Bonchev–Trinajstić information content (AvgIpc) is 2.95. The second kappa shape index (κ2) is 6.72. The molecule has 0 saturated carbocycles. The maximum Gasteiger partial charge on any atom is 0.238 e. The number of hydrogen-bond acceptors (Lipinski definition) is 4. The van der Waals surface area contributed by atoms with Gasteiger partial charge >= 0.3 is 0 Å². The molecule has 1 N–H and O–H groups in total. The van der Waals surface area contributed by atoms with Crippen LogP contribution in [-0.2, 0) is 16.6 Å². The third-order valence-electron chi connectivity index (χ3n) is 4.11. The van der Waals surface area contributed by atoms with Gasteiger partial charge in [-0.3, -0.25) is 14.3 Å². The van der Waals surface area contributed by atoms with Gasteiger partial charge in [0.2, 0.25) is 17.8 Å². The molecule has 3 heterocycles. The predicted octanol–water partition coefficient (Wildman–Crippen LogP) is 2.18. The first-order chi connectivity index (χ1) is 11.8. The summed E-state index contributed by atoms with van der Waals surface area (Å²) in [5.74, 6) is -2.99. The van der Waals surface area contributed by atoms with E-state index < -0.39 is 23.7 Å². The lowest BCUT2D eigenvalue weighted by atomic mass is 9.91. The molecule has 0 aliphatic carbocycles. The molecule has 2 aromatic rings. The number of likely N-dealkylation sites (N-methyl/N-ethyl adjacent to an activating group) is 1. The lowest BCUT2D eigenvalue weighted by Gasteiger charge is -2.17. The maximum atomic E-state index is 13.2. The van der Waals surface area contributed by atoms with Crippen LogP contribution >= 0.6 is 27.5 Å². The number of aryl methyl sites for hydroxylation is 1. The molecule has 0 spiro atoms. The highest BCUT2D eigenvalue weighted by Crippen LogP contribution is 2.39. The Morgan fingerprint density at radius 2 is 2.16 bits per heavy atom. The fourth-order valence-electron chi connectivity index (χ4n) is 3.00. The number of amides is 2. The van der Waals surface area contributed by atoms with E-state index >= 15 is 0 Å². The average molecular weight is 431 g/mol. The highest BCUT2D eigenvalue weighted by Gasteiger charge is 2.46. The van der Waals surface area contributed by atoms with Crippen LogP contribution in [0.4, 0.5) is 10.2 Å². The molecule has 1 saturated heterocycles. The van der Waals surface area contributed by atoms with Crippen LogP contribution in [-0.4, -0.2) is 45.1 Å². The highest BCUT2D eigenvalue weighted by molar-refractivity contribution is 9.10. The molecule has 25 heavy (non-hydrogen) atoms. The molecule has 2 aromatic heterocycles. The van der Waals surface area contributed by atoms with Crippen molar-refractivity contribution in [2.75, 3.05) is 18.9 Å². The molecule has 2 atom stereocenters. The van der Waals surface area contributed by atoms with Gasteiger partial charge in [-0.25, -0.2) is 4.98 Å². The van der Waals surface area contributed by atoms with Gasteiger partial charge in [-0.05, 0) is 28.1 Å². The molecule has 2 amide bonds. The van der Waals surface area contributed by atoms with Gasteiger partial charge < -0.3 is 10.2 Å². The van der Waals surface area contributed by atoms with E-state index in [9.17, 15) is 14.0 Å². The monoisotopic (exact) mass is 429 g/mol. The number of halogens is 3. The van der Waals surface area contributed by atoms with Crippen molar-refractivity contribution in [3.8, 4) is 0 Å². The molecule has 10 heteroatoms. The van der Waals surface area contributed by atoms with Crippen molar-refractivity contribution in [3.05, 3.63) is 39.5 Å². The zero-order valence-corrected chi connectivity index (χ0v) is 15.7. The molecular formula is C15H14BrClFN5O2. The number of carbonyl (C=O) groups is 2. The largest absolute Gasteiger partial charge is 0.344 e. The molecule has 132 valence electrons. The summed E-state index contributed by atoms with van der Waals surface area (Å²) in [7, 11) is 3.31. The van der Waals surface area contributed by atoms with Crippen molar-refractivity contribution >= 4 is 45.2 Å². The summed E-state index contributed by atoms with van der Waals surface area (Å²) in [4.78, 5) is 30.3. The van der Waals surface area contributed by atoms with Crippen LogP contribution in [0, 0.1) is 11.9 Å². The SMILES string of the molecule is CN1C[C@H](c2c(Br)c(Cl)nn2C)[C@@H](C(=O)Nc2cccc(F)n2)C1=O. The van der Waals surface area contributed by atoms with E-state index in [1.807, 2.05) is 0 Å². The smallest absolute Gasteiger partial charge is 0.238 e. The lowest BCUT2D eigenvalue weighted by molar-refractivity contribution is -0.135. The van der Waals surface area contributed by atoms with Crippen molar-refractivity contribution in [2.24, 2.45) is 13.0 Å². The summed E-state index contributed by atoms with van der Waals surface area (Å²) in [6.07, 6.45) is 0. The lowest BCUT2D eigenvalue weighted by Crippen LogP contribution is -2.33. The van der Waals surface area contributed by atoms with Crippen LogP contribution in [0.2, 0.25) is 5.15 Å². The minimum Gasteiger partial charge on any atom is -0.344 e. The minimum atomic E-state index is -0.988. The number of pyridine rings is 1. The van der Waals surface area contributed by atoms with E-state index in [2.05, 4.69) is 31.3 Å². The number of nitrogens with one attached hydrogen (secondary N) is 1. The number of hydrogen-bond donors (Lipinski definition) is 1. The van der Waals surface area contributed by atoms with E-state index in [-0.39, 0.29) is 16.9 Å². The molecule has 0 aromatic carbocycles. The van der Waals surface area contributed by atoms with Gasteiger partial charge in [0.1, 0.15) is 11.7 Å². The van der Waals surface area contributed by atoms with E-state index in [4.69, 9.17) is 11.6 Å². The zero-order chi connectivity index (χ0) is 18.3. The fourth-order valence-corrected chi connectivity index (χ4v) is 3.84. The van der Waals surface area contributed by atoms with Crippen LogP contribution in [0.5, 0.6) is 0 Å². The molecule has 1 aliphatic heterocycles. The van der Waals surface area contributed by atoms with Gasteiger partial charge in [0.05, 0.1) is 10.2 Å². The van der Waals surface area contributed by atoms with E-state index in [1.54, 1.807) is 18.8 Å². The fraction of sp³-hybridized carbons (Fsp3) is 0.333. The number of likely N-dealkylation sites (tertiary alicyclic amines) is 1. The molecule has 1 aliphatic rings. The molecule has 0 radical (unpaired) electrons. The van der Waals surface area contributed by atoms with E-state index in [0.717, 1.165) is 0 Å². The Labute approximate surface area is 156 Å². The van der Waals surface area contributed by atoms with Crippen molar-refractivity contribution in [1.29, 1.82) is 0 Å². The van der Waals surface area contributed by atoms with Gasteiger partial charge in [-0.2, -0.15) is 9.49 Å². The van der Waals surface area contributed by atoms with Gasteiger partial charge in [0.25, 0.3) is 0 Å². The molecule has 1 fully saturated rings. The first-order valence-electron chi connectivity index (χ1n) is 7.36. The number of carbonyl (C=O) groups excluding carboxylic acids is 2.